The van der Waals surface area contributed by atoms with Gasteiger partial charge >= 0.3 is 12.0 Å². The molecule has 0 aliphatic heterocycles. The SMILES string of the molecule is CC(CNC(=O)NCCc1ccco1)C(=O)O. The summed E-state index contributed by atoms with van der Waals surface area (Å²) in [4.78, 5) is 21.7. The van der Waals surface area contributed by atoms with Crippen molar-refractivity contribution in [2.75, 3.05) is 13.1 Å². The summed E-state index contributed by atoms with van der Waals surface area (Å²) < 4.78 is 5.10. The maximum absolute atomic E-state index is 11.3. The molecule has 17 heavy (non-hydrogen) atoms. The summed E-state index contributed by atoms with van der Waals surface area (Å²) in [6, 6.07) is 3.24. The predicted octanol–water partition coefficient (Wildman–Crippen LogP) is 0.842. The minimum absolute atomic E-state index is 0.113. The molecule has 1 atom stereocenters. The Morgan fingerprint density at radius 2 is 2.24 bits per heavy atom. The first-order chi connectivity index (χ1) is 8.09. The first-order valence-corrected chi connectivity index (χ1v) is 5.36. The van der Waals surface area contributed by atoms with Gasteiger partial charge < -0.3 is 20.2 Å². The van der Waals surface area contributed by atoms with Crippen LogP contribution in [0.25, 0.3) is 0 Å². The molecular formula is C11H16N2O4. The van der Waals surface area contributed by atoms with Crippen LogP contribution in [0.5, 0.6) is 0 Å². The number of nitrogens with one attached hydrogen (secondary N) is 2. The van der Waals surface area contributed by atoms with E-state index in [1.165, 1.54) is 6.92 Å². The number of rotatable bonds is 6. The van der Waals surface area contributed by atoms with Crippen molar-refractivity contribution in [1.29, 1.82) is 0 Å². The number of carboxylic acid groups (broad SMARTS) is 1. The molecule has 6 heteroatoms. The quantitative estimate of drug-likeness (QED) is 0.687. The topological polar surface area (TPSA) is 91.6 Å². The average Bonchev–Trinajstić information content (AvgIpc) is 2.78. The smallest absolute Gasteiger partial charge is 0.314 e. The molecule has 3 N–H and O–H groups in total. The maximum atomic E-state index is 11.3. The lowest BCUT2D eigenvalue weighted by Crippen LogP contribution is -2.39. The molecule has 2 amide bonds. The predicted molar refractivity (Wildman–Crippen MR) is 60.6 cm³/mol. The zero-order chi connectivity index (χ0) is 12.7. The summed E-state index contributed by atoms with van der Waals surface area (Å²) in [6.45, 7) is 2.09. The van der Waals surface area contributed by atoms with Crippen LogP contribution in [0.4, 0.5) is 4.79 Å². The summed E-state index contributed by atoms with van der Waals surface area (Å²) in [5, 5.41) is 13.7. The number of hydrogen-bond acceptors (Lipinski definition) is 3. The number of furan rings is 1. The zero-order valence-corrected chi connectivity index (χ0v) is 9.60. The van der Waals surface area contributed by atoms with Gasteiger partial charge in [-0.15, -0.1) is 0 Å². The lowest BCUT2D eigenvalue weighted by molar-refractivity contribution is -0.140. The van der Waals surface area contributed by atoms with Crippen LogP contribution >= 0.6 is 0 Å². The number of carboxylic acids is 1. The van der Waals surface area contributed by atoms with Crippen molar-refractivity contribution in [2.24, 2.45) is 5.92 Å². The largest absolute Gasteiger partial charge is 0.481 e. The highest BCUT2D eigenvalue weighted by Crippen LogP contribution is 1.99. The van der Waals surface area contributed by atoms with Gasteiger partial charge in [-0.05, 0) is 12.1 Å². The second kappa shape index (κ2) is 6.57. The van der Waals surface area contributed by atoms with Gasteiger partial charge in [0.15, 0.2) is 0 Å². The Morgan fingerprint density at radius 1 is 1.47 bits per heavy atom. The standard InChI is InChI=1S/C11H16N2O4/c1-8(10(14)15)7-13-11(16)12-5-4-9-3-2-6-17-9/h2-3,6,8H,4-5,7H2,1H3,(H,14,15)(H2,12,13,16). The number of amides is 2. The molecule has 0 radical (unpaired) electrons. The first kappa shape index (κ1) is 13.1. The molecule has 0 fully saturated rings. The van der Waals surface area contributed by atoms with Gasteiger partial charge in [-0.2, -0.15) is 0 Å². The summed E-state index contributed by atoms with van der Waals surface area (Å²) in [5.41, 5.74) is 0. The van der Waals surface area contributed by atoms with Crippen LogP contribution in [0, 0.1) is 5.92 Å². The molecule has 1 rings (SSSR count). The van der Waals surface area contributed by atoms with E-state index in [9.17, 15) is 9.59 Å². The Morgan fingerprint density at radius 3 is 2.82 bits per heavy atom. The van der Waals surface area contributed by atoms with E-state index in [0.717, 1.165) is 5.76 Å². The normalized spacial score (nSPS) is 11.8. The number of aliphatic carboxylic acids is 1. The van der Waals surface area contributed by atoms with Crippen LogP contribution in [0.1, 0.15) is 12.7 Å². The molecule has 0 bridgehead atoms. The molecule has 0 spiro atoms. The van der Waals surface area contributed by atoms with Gasteiger partial charge in [0.05, 0.1) is 12.2 Å². The van der Waals surface area contributed by atoms with E-state index in [-0.39, 0.29) is 12.6 Å². The van der Waals surface area contributed by atoms with Gasteiger partial charge in [0.2, 0.25) is 0 Å². The van der Waals surface area contributed by atoms with E-state index in [2.05, 4.69) is 10.6 Å². The highest BCUT2D eigenvalue weighted by Gasteiger charge is 2.11. The molecule has 6 nitrogen and oxygen atoms in total. The molecular weight excluding hydrogens is 224 g/mol. The Balaban J connectivity index is 2.11. The van der Waals surface area contributed by atoms with Crippen LogP contribution in [0.15, 0.2) is 22.8 Å². The van der Waals surface area contributed by atoms with E-state index < -0.39 is 11.9 Å². The number of urea groups is 1. The lowest BCUT2D eigenvalue weighted by Gasteiger charge is -2.09. The Hall–Kier alpha value is -1.98. The minimum atomic E-state index is -0.930. The second-order valence-electron chi connectivity index (χ2n) is 3.71. The summed E-state index contributed by atoms with van der Waals surface area (Å²) >= 11 is 0. The lowest BCUT2D eigenvalue weighted by atomic mass is 10.2. The Bertz CT molecular complexity index is 362. The fourth-order valence-corrected chi connectivity index (χ4v) is 1.15. The van der Waals surface area contributed by atoms with Gasteiger partial charge in [0.1, 0.15) is 5.76 Å². The second-order valence-corrected chi connectivity index (χ2v) is 3.71. The Labute approximate surface area is 99.0 Å². The van der Waals surface area contributed by atoms with Gasteiger partial charge in [-0.25, -0.2) is 4.79 Å². The minimum Gasteiger partial charge on any atom is -0.481 e. The zero-order valence-electron chi connectivity index (χ0n) is 9.60. The van der Waals surface area contributed by atoms with Crippen molar-refractivity contribution in [1.82, 2.24) is 10.6 Å². The van der Waals surface area contributed by atoms with Crippen molar-refractivity contribution in [3.63, 3.8) is 0 Å². The van der Waals surface area contributed by atoms with E-state index in [0.29, 0.717) is 13.0 Å². The van der Waals surface area contributed by atoms with Crippen LogP contribution < -0.4 is 10.6 Å². The average molecular weight is 240 g/mol. The van der Waals surface area contributed by atoms with Crippen molar-refractivity contribution in [2.45, 2.75) is 13.3 Å². The fourth-order valence-electron chi connectivity index (χ4n) is 1.15. The van der Waals surface area contributed by atoms with E-state index in [1.807, 2.05) is 6.07 Å². The van der Waals surface area contributed by atoms with Gasteiger partial charge in [0, 0.05) is 19.5 Å². The molecule has 0 aromatic carbocycles. The molecule has 1 aromatic heterocycles. The van der Waals surface area contributed by atoms with Crippen LogP contribution in [0.2, 0.25) is 0 Å². The molecule has 1 aromatic rings. The van der Waals surface area contributed by atoms with E-state index in [4.69, 9.17) is 9.52 Å². The molecule has 0 saturated carbocycles. The third-order valence-corrected chi connectivity index (χ3v) is 2.23. The van der Waals surface area contributed by atoms with Gasteiger partial charge in [-0.1, -0.05) is 6.92 Å². The van der Waals surface area contributed by atoms with E-state index in [1.54, 1.807) is 12.3 Å². The first-order valence-electron chi connectivity index (χ1n) is 5.36. The molecule has 0 aliphatic rings. The molecule has 0 saturated heterocycles. The Kier molecular flexibility index (Phi) is 5.06. The molecule has 1 unspecified atom stereocenters. The molecule has 1 heterocycles. The van der Waals surface area contributed by atoms with Crippen LogP contribution in [-0.4, -0.2) is 30.2 Å². The summed E-state index contributed by atoms with van der Waals surface area (Å²) in [6.07, 6.45) is 2.18. The van der Waals surface area contributed by atoms with Crippen molar-refractivity contribution in [3.05, 3.63) is 24.2 Å². The third kappa shape index (κ3) is 5.05. The number of carbonyl (C=O) groups is 2. The highest BCUT2D eigenvalue weighted by molar-refractivity contribution is 5.75. The van der Waals surface area contributed by atoms with Gasteiger partial charge in [-0.3, -0.25) is 4.79 Å². The van der Waals surface area contributed by atoms with Crippen LogP contribution in [-0.2, 0) is 11.2 Å². The van der Waals surface area contributed by atoms with Crippen molar-refractivity contribution >= 4 is 12.0 Å². The number of hydrogen-bond donors (Lipinski definition) is 3. The molecule has 0 aliphatic carbocycles. The van der Waals surface area contributed by atoms with Crippen molar-refractivity contribution in [3.8, 4) is 0 Å². The van der Waals surface area contributed by atoms with Crippen molar-refractivity contribution < 1.29 is 19.1 Å². The van der Waals surface area contributed by atoms with Crippen LogP contribution in [0.3, 0.4) is 0 Å². The fraction of sp³-hybridized carbons (Fsp3) is 0.455. The molecule has 94 valence electrons. The van der Waals surface area contributed by atoms with Gasteiger partial charge in [0.25, 0.3) is 0 Å². The third-order valence-electron chi connectivity index (χ3n) is 2.23. The maximum Gasteiger partial charge on any atom is 0.314 e. The summed E-state index contributed by atoms with van der Waals surface area (Å²) in [7, 11) is 0. The highest BCUT2D eigenvalue weighted by atomic mass is 16.4. The van der Waals surface area contributed by atoms with E-state index >= 15 is 0 Å². The number of carbonyl (C=O) groups excluding carboxylic acids is 1. The summed E-state index contributed by atoms with van der Waals surface area (Å²) in [5.74, 6) is -0.726. The monoisotopic (exact) mass is 240 g/mol.